The van der Waals surface area contributed by atoms with Crippen molar-refractivity contribution < 1.29 is 19.1 Å². The van der Waals surface area contributed by atoms with E-state index in [9.17, 15) is 9.59 Å². The van der Waals surface area contributed by atoms with Gasteiger partial charge in [-0.15, -0.1) is 0 Å². The molecule has 0 heterocycles. The molecule has 0 aliphatic heterocycles. The van der Waals surface area contributed by atoms with Crippen molar-refractivity contribution >= 4 is 23.4 Å². The van der Waals surface area contributed by atoms with Crippen molar-refractivity contribution in [2.75, 3.05) is 13.7 Å². The number of carbonyl (C=O) groups is 2. The first-order valence-electron chi connectivity index (χ1n) is 10.5. The lowest BCUT2D eigenvalue weighted by molar-refractivity contribution is -0.143. The van der Waals surface area contributed by atoms with Crippen LogP contribution in [0.15, 0.2) is 48.5 Å². The Morgan fingerprint density at radius 2 is 1.74 bits per heavy atom. The Bertz CT molecular complexity index is 857. The molecular weight excluding hydrogens is 416 g/mol. The maximum Gasteiger partial charge on any atom is 0.261 e. The first kappa shape index (κ1) is 24.5. The second kappa shape index (κ2) is 12.2. The van der Waals surface area contributed by atoms with Crippen LogP contribution in [0.2, 0.25) is 5.02 Å². The highest BCUT2D eigenvalue weighted by Crippen LogP contribution is 2.23. The second-order valence-electron chi connectivity index (χ2n) is 7.33. The number of para-hydroxylation sites is 1. The molecule has 0 spiro atoms. The summed E-state index contributed by atoms with van der Waals surface area (Å²) < 4.78 is 10.9. The number of carbonyl (C=O) groups excluding carboxylic acids is 2. The van der Waals surface area contributed by atoms with Crippen LogP contribution in [0.5, 0.6) is 11.5 Å². The average molecular weight is 447 g/mol. The van der Waals surface area contributed by atoms with Crippen molar-refractivity contribution in [3.63, 3.8) is 0 Å². The third kappa shape index (κ3) is 7.17. The molecule has 2 atom stereocenters. The van der Waals surface area contributed by atoms with Gasteiger partial charge in [0.1, 0.15) is 17.5 Å². The molecule has 6 nitrogen and oxygen atoms in total. The van der Waals surface area contributed by atoms with Gasteiger partial charge in [-0.25, -0.2) is 0 Å². The van der Waals surface area contributed by atoms with Gasteiger partial charge in [-0.3, -0.25) is 9.59 Å². The topological polar surface area (TPSA) is 67.9 Å². The van der Waals surface area contributed by atoms with Crippen molar-refractivity contribution in [1.82, 2.24) is 10.2 Å². The molecule has 2 rings (SSSR count). The van der Waals surface area contributed by atoms with E-state index in [4.69, 9.17) is 21.1 Å². The first-order valence-corrected chi connectivity index (χ1v) is 10.9. The summed E-state index contributed by atoms with van der Waals surface area (Å²) in [4.78, 5) is 27.7. The Morgan fingerprint density at radius 3 is 2.32 bits per heavy atom. The van der Waals surface area contributed by atoms with Crippen LogP contribution in [0.3, 0.4) is 0 Å². The van der Waals surface area contributed by atoms with Crippen molar-refractivity contribution in [2.24, 2.45) is 0 Å². The van der Waals surface area contributed by atoms with Gasteiger partial charge in [-0.1, -0.05) is 49.7 Å². The number of nitrogens with zero attached hydrogens (tertiary/aromatic N) is 1. The summed E-state index contributed by atoms with van der Waals surface area (Å²) in [5.74, 6) is 0.697. The van der Waals surface area contributed by atoms with E-state index in [1.165, 1.54) is 0 Å². The number of hydrogen-bond acceptors (Lipinski definition) is 4. The van der Waals surface area contributed by atoms with Gasteiger partial charge in [-0.05, 0) is 49.6 Å². The summed E-state index contributed by atoms with van der Waals surface area (Å²) in [5, 5.41) is 3.42. The second-order valence-corrected chi connectivity index (χ2v) is 7.74. The Balaban J connectivity index is 2.22. The van der Waals surface area contributed by atoms with Crippen molar-refractivity contribution in [2.45, 2.75) is 52.2 Å². The van der Waals surface area contributed by atoms with Gasteiger partial charge in [0, 0.05) is 12.6 Å². The molecule has 0 saturated heterocycles. The molecule has 2 amide bonds. The highest BCUT2D eigenvalue weighted by atomic mass is 35.5. The lowest BCUT2D eigenvalue weighted by Crippen LogP contribution is -2.51. The fraction of sp³-hybridized carbons (Fsp3) is 0.417. The number of benzene rings is 2. The normalized spacial score (nSPS) is 12.5. The number of amides is 2. The van der Waals surface area contributed by atoms with Crippen LogP contribution in [-0.4, -0.2) is 42.5 Å². The van der Waals surface area contributed by atoms with Gasteiger partial charge in [-0.2, -0.15) is 0 Å². The monoisotopic (exact) mass is 446 g/mol. The molecule has 0 aliphatic rings. The molecule has 0 bridgehead atoms. The minimum absolute atomic E-state index is 0.0267. The number of rotatable bonds is 11. The van der Waals surface area contributed by atoms with Gasteiger partial charge in [0.2, 0.25) is 5.91 Å². The predicted molar refractivity (Wildman–Crippen MR) is 122 cm³/mol. The van der Waals surface area contributed by atoms with Gasteiger partial charge in [0.05, 0.1) is 12.1 Å². The van der Waals surface area contributed by atoms with E-state index in [2.05, 4.69) is 5.32 Å². The largest absolute Gasteiger partial charge is 0.497 e. The summed E-state index contributed by atoms with van der Waals surface area (Å²) in [6, 6.07) is 13.8. The summed E-state index contributed by atoms with van der Waals surface area (Å²) in [6.07, 6.45) is 1.29. The summed E-state index contributed by atoms with van der Waals surface area (Å²) in [6.45, 7) is 5.91. The van der Waals surface area contributed by atoms with E-state index in [1.807, 2.05) is 45.0 Å². The van der Waals surface area contributed by atoms with E-state index in [0.29, 0.717) is 17.2 Å². The van der Waals surface area contributed by atoms with E-state index in [1.54, 1.807) is 36.3 Å². The SMILES string of the molecule is CC[C@@H](C)NC(=O)[C@@H](CC)N(Cc1ccc(OC)cc1)C(=O)COc1ccccc1Cl. The zero-order chi connectivity index (χ0) is 22.8. The molecule has 0 fully saturated rings. The molecule has 0 radical (unpaired) electrons. The van der Waals surface area contributed by atoms with Crippen molar-refractivity contribution in [3.8, 4) is 11.5 Å². The van der Waals surface area contributed by atoms with Gasteiger partial charge < -0.3 is 19.7 Å². The van der Waals surface area contributed by atoms with Crippen molar-refractivity contribution in [3.05, 3.63) is 59.1 Å². The molecule has 2 aromatic carbocycles. The lowest BCUT2D eigenvalue weighted by Gasteiger charge is -2.31. The number of methoxy groups -OCH3 is 1. The Morgan fingerprint density at radius 1 is 1.06 bits per heavy atom. The zero-order valence-electron chi connectivity index (χ0n) is 18.6. The summed E-state index contributed by atoms with van der Waals surface area (Å²) in [5.41, 5.74) is 0.890. The number of ether oxygens (including phenoxy) is 2. The Kier molecular flexibility index (Phi) is 9.66. The molecule has 2 aromatic rings. The number of hydrogen-bond donors (Lipinski definition) is 1. The van der Waals surface area contributed by atoms with Gasteiger partial charge in [0.15, 0.2) is 6.61 Å². The molecule has 31 heavy (non-hydrogen) atoms. The third-order valence-electron chi connectivity index (χ3n) is 5.09. The van der Waals surface area contributed by atoms with E-state index >= 15 is 0 Å². The minimum Gasteiger partial charge on any atom is -0.497 e. The first-order chi connectivity index (χ1) is 14.9. The summed E-state index contributed by atoms with van der Waals surface area (Å²) in [7, 11) is 1.60. The fourth-order valence-electron chi connectivity index (χ4n) is 3.07. The van der Waals surface area contributed by atoms with Gasteiger partial charge >= 0.3 is 0 Å². The molecule has 0 aliphatic carbocycles. The standard InChI is InChI=1S/C24H31ClN2O4/c1-5-17(3)26-24(29)21(6-2)27(15-18-11-13-19(30-4)14-12-18)23(28)16-31-22-10-8-7-9-20(22)25/h7-14,17,21H,5-6,15-16H2,1-4H3,(H,26,29)/t17-,21-/m1/s1. The predicted octanol–water partition coefficient (Wildman–Crippen LogP) is 4.45. The summed E-state index contributed by atoms with van der Waals surface area (Å²) >= 11 is 6.13. The van der Waals surface area contributed by atoms with Crippen molar-refractivity contribution in [1.29, 1.82) is 0 Å². The van der Waals surface area contributed by atoms with E-state index < -0.39 is 6.04 Å². The van der Waals surface area contributed by atoms with Crippen LogP contribution in [0.1, 0.15) is 39.2 Å². The van der Waals surface area contributed by atoms with Gasteiger partial charge in [0.25, 0.3) is 5.91 Å². The Labute approximate surface area is 189 Å². The van der Waals surface area contributed by atoms with Crippen LogP contribution >= 0.6 is 11.6 Å². The fourth-order valence-corrected chi connectivity index (χ4v) is 3.26. The zero-order valence-corrected chi connectivity index (χ0v) is 19.3. The lowest BCUT2D eigenvalue weighted by atomic mass is 10.1. The third-order valence-corrected chi connectivity index (χ3v) is 5.40. The van der Waals surface area contributed by atoms with Crippen LogP contribution in [0.25, 0.3) is 0 Å². The van der Waals surface area contributed by atoms with E-state index in [-0.39, 0.29) is 31.0 Å². The van der Waals surface area contributed by atoms with Crippen LogP contribution in [0.4, 0.5) is 0 Å². The number of nitrogens with one attached hydrogen (secondary N) is 1. The quantitative estimate of drug-likeness (QED) is 0.553. The molecule has 1 N–H and O–H groups in total. The maximum absolute atomic E-state index is 13.2. The minimum atomic E-state index is -0.613. The molecule has 7 heteroatoms. The molecule has 0 aromatic heterocycles. The maximum atomic E-state index is 13.2. The van der Waals surface area contributed by atoms with E-state index in [0.717, 1.165) is 17.7 Å². The molecule has 0 saturated carbocycles. The number of halogens is 1. The molecule has 0 unspecified atom stereocenters. The highest BCUT2D eigenvalue weighted by Gasteiger charge is 2.29. The van der Waals surface area contributed by atoms with Crippen LogP contribution in [0, 0.1) is 0 Å². The highest BCUT2D eigenvalue weighted by molar-refractivity contribution is 6.32. The van der Waals surface area contributed by atoms with Crippen LogP contribution in [-0.2, 0) is 16.1 Å². The van der Waals surface area contributed by atoms with Crippen LogP contribution < -0.4 is 14.8 Å². The Hall–Kier alpha value is -2.73. The average Bonchev–Trinajstić information content (AvgIpc) is 2.78. The molecule has 168 valence electrons. The smallest absolute Gasteiger partial charge is 0.261 e. The molecular formula is C24H31ClN2O4.